The average Bonchev–Trinajstić information content (AvgIpc) is 2.72. The zero-order chi connectivity index (χ0) is 11.2. The van der Waals surface area contributed by atoms with Crippen molar-refractivity contribution in [1.82, 2.24) is 10.2 Å². The Balaban J connectivity index is 1.51. The van der Waals surface area contributed by atoms with Crippen LogP contribution >= 0.6 is 0 Å². The van der Waals surface area contributed by atoms with Gasteiger partial charge in [-0.25, -0.2) is 0 Å². The lowest BCUT2D eigenvalue weighted by molar-refractivity contribution is 0.0373. The van der Waals surface area contributed by atoms with E-state index < -0.39 is 0 Å². The third-order valence-electron chi connectivity index (χ3n) is 4.02. The summed E-state index contributed by atoms with van der Waals surface area (Å²) in [6.07, 6.45) is 5.51. The third kappa shape index (κ3) is 3.72. The highest BCUT2D eigenvalue weighted by Gasteiger charge is 2.22. The molecule has 94 valence electrons. The number of morpholine rings is 1. The van der Waals surface area contributed by atoms with Crippen molar-refractivity contribution in [2.45, 2.75) is 38.6 Å². The highest BCUT2D eigenvalue weighted by atomic mass is 16.5. The molecule has 0 aromatic carbocycles. The van der Waals surface area contributed by atoms with Crippen molar-refractivity contribution >= 4 is 0 Å². The molecule has 1 aliphatic carbocycles. The molecule has 0 radical (unpaired) electrons. The van der Waals surface area contributed by atoms with Crippen LogP contribution in [0.4, 0.5) is 0 Å². The van der Waals surface area contributed by atoms with E-state index in [-0.39, 0.29) is 0 Å². The Labute approximate surface area is 99.5 Å². The Morgan fingerprint density at radius 1 is 1.25 bits per heavy atom. The maximum absolute atomic E-state index is 5.34. The van der Waals surface area contributed by atoms with E-state index in [0.29, 0.717) is 0 Å². The van der Waals surface area contributed by atoms with Crippen LogP contribution in [0, 0.1) is 5.92 Å². The van der Waals surface area contributed by atoms with Crippen molar-refractivity contribution in [2.24, 2.45) is 5.92 Å². The van der Waals surface area contributed by atoms with Gasteiger partial charge in [-0.05, 0) is 38.3 Å². The predicted molar refractivity (Wildman–Crippen MR) is 66.7 cm³/mol. The van der Waals surface area contributed by atoms with Crippen LogP contribution in [0.5, 0.6) is 0 Å². The van der Waals surface area contributed by atoms with Gasteiger partial charge in [0.1, 0.15) is 0 Å². The van der Waals surface area contributed by atoms with Gasteiger partial charge in [-0.15, -0.1) is 0 Å². The van der Waals surface area contributed by atoms with Crippen molar-refractivity contribution in [3.63, 3.8) is 0 Å². The van der Waals surface area contributed by atoms with E-state index in [4.69, 9.17) is 4.74 Å². The van der Waals surface area contributed by atoms with Gasteiger partial charge in [-0.1, -0.05) is 13.3 Å². The summed E-state index contributed by atoms with van der Waals surface area (Å²) in [6.45, 7) is 8.90. The molecule has 1 saturated carbocycles. The first kappa shape index (κ1) is 12.3. The van der Waals surface area contributed by atoms with Gasteiger partial charge in [0.15, 0.2) is 0 Å². The summed E-state index contributed by atoms with van der Waals surface area (Å²) >= 11 is 0. The Bertz CT molecular complexity index is 192. The van der Waals surface area contributed by atoms with Gasteiger partial charge >= 0.3 is 0 Å². The summed E-state index contributed by atoms with van der Waals surface area (Å²) in [6, 6.07) is 0.796. The summed E-state index contributed by atoms with van der Waals surface area (Å²) in [5.74, 6) is 0.892. The van der Waals surface area contributed by atoms with E-state index in [1.54, 1.807) is 0 Å². The summed E-state index contributed by atoms with van der Waals surface area (Å²) in [5, 5.41) is 3.71. The molecule has 2 aliphatic rings. The summed E-state index contributed by atoms with van der Waals surface area (Å²) in [7, 11) is 0. The molecule has 1 saturated heterocycles. The average molecular weight is 226 g/mol. The molecule has 2 fully saturated rings. The van der Waals surface area contributed by atoms with Crippen molar-refractivity contribution < 1.29 is 4.74 Å². The normalized spacial score (nSPS) is 32.1. The second-order valence-corrected chi connectivity index (χ2v) is 5.28. The fraction of sp³-hybridized carbons (Fsp3) is 1.00. The minimum Gasteiger partial charge on any atom is -0.379 e. The molecule has 2 unspecified atom stereocenters. The van der Waals surface area contributed by atoms with Crippen LogP contribution in [0.3, 0.4) is 0 Å². The fourth-order valence-corrected chi connectivity index (χ4v) is 2.86. The Kier molecular flexibility index (Phi) is 5.07. The van der Waals surface area contributed by atoms with E-state index in [1.807, 2.05) is 0 Å². The maximum atomic E-state index is 5.34. The second-order valence-electron chi connectivity index (χ2n) is 5.28. The topological polar surface area (TPSA) is 24.5 Å². The fourth-order valence-electron chi connectivity index (χ4n) is 2.86. The highest BCUT2D eigenvalue weighted by molar-refractivity contribution is 4.80. The van der Waals surface area contributed by atoms with Gasteiger partial charge in [0.2, 0.25) is 0 Å². The van der Waals surface area contributed by atoms with Crippen LogP contribution in [0.2, 0.25) is 0 Å². The summed E-state index contributed by atoms with van der Waals surface area (Å²) in [5.41, 5.74) is 0. The van der Waals surface area contributed by atoms with Crippen LogP contribution in [0.15, 0.2) is 0 Å². The molecular formula is C13H26N2O. The van der Waals surface area contributed by atoms with Gasteiger partial charge in [-0.3, -0.25) is 4.90 Å². The van der Waals surface area contributed by atoms with E-state index in [9.17, 15) is 0 Å². The number of hydrogen-bond acceptors (Lipinski definition) is 3. The minimum absolute atomic E-state index is 0.796. The van der Waals surface area contributed by atoms with Gasteiger partial charge in [0.25, 0.3) is 0 Å². The molecule has 3 nitrogen and oxygen atoms in total. The number of nitrogens with one attached hydrogen (secondary N) is 1. The van der Waals surface area contributed by atoms with Gasteiger partial charge in [0.05, 0.1) is 13.2 Å². The Morgan fingerprint density at radius 2 is 2.06 bits per heavy atom. The van der Waals surface area contributed by atoms with Crippen molar-refractivity contribution in [1.29, 1.82) is 0 Å². The monoisotopic (exact) mass is 226 g/mol. The first-order chi connectivity index (χ1) is 7.86. The molecule has 0 spiro atoms. The number of ether oxygens (including phenoxy) is 1. The number of nitrogens with zero attached hydrogens (tertiary/aromatic N) is 1. The van der Waals surface area contributed by atoms with Crippen LogP contribution < -0.4 is 5.32 Å². The molecule has 0 aromatic rings. The molecule has 3 heteroatoms. The maximum Gasteiger partial charge on any atom is 0.0594 e. The van der Waals surface area contributed by atoms with Crippen LogP contribution in [0.1, 0.15) is 32.6 Å². The molecule has 1 aliphatic heterocycles. The SMILES string of the molecule is CC1CCCC1NCCCN1CCOCC1. The van der Waals surface area contributed by atoms with Gasteiger partial charge in [-0.2, -0.15) is 0 Å². The Hall–Kier alpha value is -0.120. The van der Waals surface area contributed by atoms with Crippen molar-refractivity contribution in [2.75, 3.05) is 39.4 Å². The van der Waals surface area contributed by atoms with Crippen LogP contribution in [-0.4, -0.2) is 50.3 Å². The zero-order valence-electron chi connectivity index (χ0n) is 10.6. The first-order valence-corrected chi connectivity index (χ1v) is 6.90. The van der Waals surface area contributed by atoms with Crippen LogP contribution in [-0.2, 0) is 4.74 Å². The molecule has 0 aromatic heterocycles. The lowest BCUT2D eigenvalue weighted by Gasteiger charge is -2.27. The van der Waals surface area contributed by atoms with Gasteiger partial charge < -0.3 is 10.1 Å². The number of hydrogen-bond donors (Lipinski definition) is 1. The Morgan fingerprint density at radius 3 is 2.75 bits per heavy atom. The second kappa shape index (κ2) is 6.58. The van der Waals surface area contributed by atoms with Gasteiger partial charge in [0, 0.05) is 19.1 Å². The third-order valence-corrected chi connectivity index (χ3v) is 4.02. The molecule has 1 heterocycles. The quantitative estimate of drug-likeness (QED) is 0.719. The molecule has 1 N–H and O–H groups in total. The lowest BCUT2D eigenvalue weighted by atomic mass is 10.1. The minimum atomic E-state index is 0.796. The summed E-state index contributed by atoms with van der Waals surface area (Å²) < 4.78 is 5.34. The number of rotatable bonds is 5. The highest BCUT2D eigenvalue weighted by Crippen LogP contribution is 2.24. The van der Waals surface area contributed by atoms with Crippen molar-refractivity contribution in [3.8, 4) is 0 Å². The largest absolute Gasteiger partial charge is 0.379 e. The van der Waals surface area contributed by atoms with E-state index in [2.05, 4.69) is 17.1 Å². The smallest absolute Gasteiger partial charge is 0.0594 e. The van der Waals surface area contributed by atoms with Crippen LogP contribution in [0.25, 0.3) is 0 Å². The molecule has 0 bridgehead atoms. The van der Waals surface area contributed by atoms with E-state index >= 15 is 0 Å². The summed E-state index contributed by atoms with van der Waals surface area (Å²) in [4.78, 5) is 2.52. The first-order valence-electron chi connectivity index (χ1n) is 6.90. The zero-order valence-corrected chi connectivity index (χ0v) is 10.6. The molecule has 2 atom stereocenters. The molecule has 0 amide bonds. The standard InChI is InChI=1S/C13H26N2O/c1-12-4-2-5-13(12)14-6-3-7-15-8-10-16-11-9-15/h12-14H,2-11H2,1H3. The molecule has 2 rings (SSSR count). The lowest BCUT2D eigenvalue weighted by Crippen LogP contribution is -2.39. The molecular weight excluding hydrogens is 200 g/mol. The van der Waals surface area contributed by atoms with E-state index in [0.717, 1.165) is 38.3 Å². The van der Waals surface area contributed by atoms with Crippen molar-refractivity contribution in [3.05, 3.63) is 0 Å². The molecule has 16 heavy (non-hydrogen) atoms. The van der Waals surface area contributed by atoms with E-state index in [1.165, 1.54) is 38.8 Å². The predicted octanol–water partition coefficient (Wildman–Crippen LogP) is 1.49.